The van der Waals surface area contributed by atoms with Crippen LogP contribution in [0.3, 0.4) is 0 Å². The van der Waals surface area contributed by atoms with Gasteiger partial charge in [-0.15, -0.1) is 0 Å². The standard InChI is InChI=1S/C23H24ClN3O2/c1-25-22-9-8-20(13-21(22)24)29-19-6-4-18(5-7-19)27-23(28)16-2-3-17-14-26-11-10-15(17)12-16/h2-3,8-9,12-13,18-19,26H,4-7,10-11,14H2,(H,27,28). The van der Waals surface area contributed by atoms with Gasteiger partial charge in [0.2, 0.25) is 5.69 Å². The summed E-state index contributed by atoms with van der Waals surface area (Å²) in [5.41, 5.74) is 3.74. The first-order valence-corrected chi connectivity index (χ1v) is 10.5. The number of halogens is 1. The Morgan fingerprint density at radius 1 is 1.14 bits per heavy atom. The molecule has 4 rings (SSSR count). The van der Waals surface area contributed by atoms with Crippen LogP contribution in [0.1, 0.15) is 47.2 Å². The second kappa shape index (κ2) is 8.86. The van der Waals surface area contributed by atoms with Crippen molar-refractivity contribution in [1.29, 1.82) is 0 Å². The van der Waals surface area contributed by atoms with Crippen LogP contribution >= 0.6 is 11.6 Å². The topological polar surface area (TPSA) is 54.7 Å². The number of hydrogen-bond donors (Lipinski definition) is 2. The molecule has 2 aromatic carbocycles. The molecule has 5 nitrogen and oxygen atoms in total. The minimum atomic E-state index is 0.0113. The number of nitrogens with zero attached hydrogens (tertiary/aromatic N) is 1. The molecule has 2 aromatic rings. The fourth-order valence-electron chi connectivity index (χ4n) is 4.06. The van der Waals surface area contributed by atoms with Crippen molar-refractivity contribution in [2.45, 2.75) is 50.8 Å². The largest absolute Gasteiger partial charge is 0.490 e. The predicted molar refractivity (Wildman–Crippen MR) is 114 cm³/mol. The fourth-order valence-corrected chi connectivity index (χ4v) is 4.27. The highest BCUT2D eigenvalue weighted by molar-refractivity contribution is 6.33. The van der Waals surface area contributed by atoms with Crippen molar-refractivity contribution in [1.82, 2.24) is 10.6 Å². The maximum atomic E-state index is 12.7. The zero-order valence-corrected chi connectivity index (χ0v) is 17.0. The molecule has 0 spiro atoms. The molecule has 6 heteroatoms. The molecule has 150 valence electrons. The van der Waals surface area contributed by atoms with E-state index in [1.54, 1.807) is 18.2 Å². The molecule has 1 aliphatic heterocycles. The van der Waals surface area contributed by atoms with Crippen LogP contribution in [0.25, 0.3) is 4.85 Å². The molecular weight excluding hydrogens is 386 g/mol. The molecule has 0 unspecified atom stereocenters. The first kappa shape index (κ1) is 19.8. The summed E-state index contributed by atoms with van der Waals surface area (Å²) >= 11 is 6.09. The molecule has 29 heavy (non-hydrogen) atoms. The molecular formula is C23H24ClN3O2. The number of ether oxygens (including phenoxy) is 1. The minimum absolute atomic E-state index is 0.0113. The third-order valence-corrected chi connectivity index (χ3v) is 6.01. The minimum Gasteiger partial charge on any atom is -0.490 e. The molecule has 0 aromatic heterocycles. The normalized spacial score (nSPS) is 21.0. The van der Waals surface area contributed by atoms with Crippen LogP contribution in [0, 0.1) is 6.57 Å². The highest BCUT2D eigenvalue weighted by atomic mass is 35.5. The van der Waals surface area contributed by atoms with E-state index in [-0.39, 0.29) is 18.1 Å². The van der Waals surface area contributed by atoms with E-state index in [0.29, 0.717) is 16.5 Å². The van der Waals surface area contributed by atoms with Crippen LogP contribution in [-0.4, -0.2) is 24.6 Å². The van der Waals surface area contributed by atoms with Gasteiger partial charge in [-0.05, 0) is 74.0 Å². The molecule has 1 aliphatic carbocycles. The summed E-state index contributed by atoms with van der Waals surface area (Å²) < 4.78 is 6.03. The van der Waals surface area contributed by atoms with Gasteiger partial charge in [-0.3, -0.25) is 4.79 Å². The summed E-state index contributed by atoms with van der Waals surface area (Å²) in [6, 6.07) is 11.4. The number of nitrogens with one attached hydrogen (secondary N) is 2. The maximum absolute atomic E-state index is 12.7. The Labute approximate surface area is 176 Å². The lowest BCUT2D eigenvalue weighted by Gasteiger charge is -2.29. The van der Waals surface area contributed by atoms with Crippen molar-refractivity contribution in [3.8, 4) is 5.75 Å². The number of carbonyl (C=O) groups excluding carboxylic acids is 1. The number of rotatable bonds is 4. The molecule has 0 saturated heterocycles. The van der Waals surface area contributed by atoms with Gasteiger partial charge in [-0.2, -0.15) is 0 Å². The fraction of sp³-hybridized carbons (Fsp3) is 0.391. The summed E-state index contributed by atoms with van der Waals surface area (Å²) in [4.78, 5) is 16.0. The number of fused-ring (bicyclic) bond motifs is 1. The highest BCUT2D eigenvalue weighted by Gasteiger charge is 2.24. The van der Waals surface area contributed by atoms with Crippen molar-refractivity contribution in [3.63, 3.8) is 0 Å². The predicted octanol–water partition coefficient (Wildman–Crippen LogP) is 4.66. The molecule has 0 atom stereocenters. The molecule has 1 amide bonds. The van der Waals surface area contributed by atoms with Crippen molar-refractivity contribution in [2.75, 3.05) is 6.54 Å². The number of hydrogen-bond acceptors (Lipinski definition) is 3. The third-order valence-electron chi connectivity index (χ3n) is 5.71. The highest BCUT2D eigenvalue weighted by Crippen LogP contribution is 2.31. The van der Waals surface area contributed by atoms with Crippen molar-refractivity contribution >= 4 is 23.2 Å². The Bertz CT molecular complexity index is 946. The van der Waals surface area contributed by atoms with E-state index < -0.39 is 0 Å². The quantitative estimate of drug-likeness (QED) is 0.722. The zero-order chi connectivity index (χ0) is 20.2. The van der Waals surface area contributed by atoms with E-state index in [4.69, 9.17) is 22.9 Å². The van der Waals surface area contributed by atoms with Crippen LogP contribution in [0.4, 0.5) is 5.69 Å². The number of carbonyl (C=O) groups is 1. The molecule has 0 bridgehead atoms. The van der Waals surface area contributed by atoms with E-state index in [9.17, 15) is 4.79 Å². The number of amides is 1. The Hall–Kier alpha value is -2.55. The summed E-state index contributed by atoms with van der Waals surface area (Å²) in [7, 11) is 0. The van der Waals surface area contributed by atoms with Gasteiger partial charge in [0.1, 0.15) is 5.75 Å². The van der Waals surface area contributed by atoms with Crippen molar-refractivity contribution in [2.24, 2.45) is 0 Å². The SMILES string of the molecule is [C-]#[N+]c1ccc(OC2CCC(NC(=O)c3ccc4c(c3)CCNC4)CC2)cc1Cl. The third kappa shape index (κ3) is 4.72. The van der Waals surface area contributed by atoms with Crippen LogP contribution in [0.5, 0.6) is 5.75 Å². The van der Waals surface area contributed by atoms with Gasteiger partial charge in [-0.25, -0.2) is 4.85 Å². The van der Waals surface area contributed by atoms with Gasteiger partial charge in [-0.1, -0.05) is 23.7 Å². The number of benzene rings is 2. The van der Waals surface area contributed by atoms with Gasteiger partial charge in [0.15, 0.2) is 0 Å². The average molecular weight is 410 g/mol. The smallest absolute Gasteiger partial charge is 0.251 e. The lowest BCUT2D eigenvalue weighted by atomic mass is 9.92. The summed E-state index contributed by atoms with van der Waals surface area (Å²) in [6.07, 6.45) is 4.61. The van der Waals surface area contributed by atoms with Gasteiger partial charge >= 0.3 is 0 Å². The van der Waals surface area contributed by atoms with E-state index in [2.05, 4.69) is 21.5 Å². The Balaban J connectivity index is 1.29. The second-order valence-electron chi connectivity index (χ2n) is 7.70. The van der Waals surface area contributed by atoms with E-state index in [0.717, 1.165) is 50.8 Å². The summed E-state index contributed by atoms with van der Waals surface area (Å²) in [6.45, 7) is 8.90. The van der Waals surface area contributed by atoms with Crippen LogP contribution in [0.15, 0.2) is 36.4 Å². The van der Waals surface area contributed by atoms with E-state index in [1.165, 1.54) is 11.1 Å². The maximum Gasteiger partial charge on any atom is 0.251 e. The Kier molecular flexibility index (Phi) is 6.03. The van der Waals surface area contributed by atoms with Crippen molar-refractivity contribution < 1.29 is 9.53 Å². The monoisotopic (exact) mass is 409 g/mol. The Morgan fingerprint density at radius 2 is 1.97 bits per heavy atom. The summed E-state index contributed by atoms with van der Waals surface area (Å²) in [5.74, 6) is 0.704. The lowest BCUT2D eigenvalue weighted by molar-refractivity contribution is 0.0894. The molecule has 1 heterocycles. The van der Waals surface area contributed by atoms with Crippen LogP contribution in [0.2, 0.25) is 5.02 Å². The first-order chi connectivity index (χ1) is 14.1. The second-order valence-corrected chi connectivity index (χ2v) is 8.11. The lowest BCUT2D eigenvalue weighted by Crippen LogP contribution is -2.39. The van der Waals surface area contributed by atoms with E-state index >= 15 is 0 Å². The zero-order valence-electron chi connectivity index (χ0n) is 16.2. The molecule has 2 N–H and O–H groups in total. The molecule has 2 aliphatic rings. The Morgan fingerprint density at radius 3 is 2.72 bits per heavy atom. The van der Waals surface area contributed by atoms with Crippen LogP contribution in [-0.2, 0) is 13.0 Å². The van der Waals surface area contributed by atoms with Gasteiger partial charge in [0.05, 0.1) is 17.7 Å². The van der Waals surface area contributed by atoms with Gasteiger partial charge in [0, 0.05) is 18.2 Å². The molecule has 1 fully saturated rings. The van der Waals surface area contributed by atoms with Gasteiger partial charge < -0.3 is 15.4 Å². The average Bonchev–Trinajstić information content (AvgIpc) is 2.75. The molecule has 1 saturated carbocycles. The van der Waals surface area contributed by atoms with Crippen molar-refractivity contribution in [3.05, 3.63) is 69.5 Å². The summed E-state index contributed by atoms with van der Waals surface area (Å²) in [5, 5.41) is 6.95. The van der Waals surface area contributed by atoms with E-state index in [1.807, 2.05) is 12.1 Å². The van der Waals surface area contributed by atoms with Gasteiger partial charge in [0.25, 0.3) is 5.91 Å². The first-order valence-electron chi connectivity index (χ1n) is 10.1. The molecule has 0 radical (unpaired) electrons. The van der Waals surface area contributed by atoms with Crippen LogP contribution < -0.4 is 15.4 Å².